The summed E-state index contributed by atoms with van der Waals surface area (Å²) in [6.07, 6.45) is 1.19. The predicted molar refractivity (Wildman–Crippen MR) is 107 cm³/mol. The molecule has 144 valence electrons. The van der Waals surface area contributed by atoms with Crippen molar-refractivity contribution in [2.24, 2.45) is 5.73 Å². The van der Waals surface area contributed by atoms with Gasteiger partial charge in [-0.3, -0.25) is 4.79 Å². The van der Waals surface area contributed by atoms with E-state index < -0.39 is 5.91 Å². The Morgan fingerprint density at radius 2 is 1.96 bits per heavy atom. The van der Waals surface area contributed by atoms with E-state index >= 15 is 0 Å². The number of nitrogens with one attached hydrogen (secondary N) is 1. The van der Waals surface area contributed by atoms with Crippen LogP contribution in [0.4, 0.5) is 10.2 Å². The Labute approximate surface area is 162 Å². The number of para-hydroxylation sites is 1. The molecule has 1 amide bonds. The predicted octanol–water partition coefficient (Wildman–Crippen LogP) is 3.04. The van der Waals surface area contributed by atoms with Gasteiger partial charge >= 0.3 is 0 Å². The van der Waals surface area contributed by atoms with Crippen LogP contribution in [0.3, 0.4) is 0 Å². The molecule has 0 aliphatic carbocycles. The first-order chi connectivity index (χ1) is 13.5. The highest BCUT2D eigenvalue weighted by Crippen LogP contribution is 2.28. The van der Waals surface area contributed by atoms with Crippen molar-refractivity contribution in [2.75, 3.05) is 25.0 Å². The third-order valence-electron chi connectivity index (χ3n) is 5.08. The number of amides is 1. The fourth-order valence-corrected chi connectivity index (χ4v) is 3.49. The Morgan fingerprint density at radius 3 is 2.61 bits per heavy atom. The molecule has 0 spiro atoms. The Balaban J connectivity index is 1.75. The molecule has 1 aliphatic heterocycles. The Kier molecular flexibility index (Phi) is 4.92. The van der Waals surface area contributed by atoms with Gasteiger partial charge in [0, 0.05) is 11.9 Å². The summed E-state index contributed by atoms with van der Waals surface area (Å²) < 4.78 is 13.4. The summed E-state index contributed by atoms with van der Waals surface area (Å²) in [4.78, 5) is 23.1. The minimum absolute atomic E-state index is 0.0735. The smallest absolute Gasteiger partial charge is 0.250 e. The zero-order valence-corrected chi connectivity index (χ0v) is 15.7. The third kappa shape index (κ3) is 3.66. The molecular weight excluding hydrogens is 357 g/mol. The van der Waals surface area contributed by atoms with Gasteiger partial charge in [0.05, 0.1) is 17.1 Å². The van der Waals surface area contributed by atoms with Crippen LogP contribution in [0.2, 0.25) is 0 Å². The maximum absolute atomic E-state index is 13.4. The second kappa shape index (κ2) is 7.52. The lowest BCUT2D eigenvalue weighted by Gasteiger charge is -2.35. The van der Waals surface area contributed by atoms with Crippen molar-refractivity contribution in [3.05, 3.63) is 65.2 Å². The van der Waals surface area contributed by atoms with Gasteiger partial charge in [0.2, 0.25) is 0 Å². The van der Waals surface area contributed by atoms with Crippen molar-refractivity contribution in [1.82, 2.24) is 14.9 Å². The van der Waals surface area contributed by atoms with E-state index in [1.165, 1.54) is 18.6 Å². The summed E-state index contributed by atoms with van der Waals surface area (Å²) in [6.45, 7) is 4.67. The van der Waals surface area contributed by atoms with Crippen molar-refractivity contribution in [1.29, 1.82) is 0 Å². The number of carbonyl (C=O) groups is 1. The second-order valence-electron chi connectivity index (χ2n) is 7.09. The fourth-order valence-electron chi connectivity index (χ4n) is 3.49. The first-order valence-corrected chi connectivity index (χ1v) is 9.33. The van der Waals surface area contributed by atoms with Crippen LogP contribution >= 0.6 is 0 Å². The number of likely N-dealkylation sites (tertiary alicyclic amines) is 1. The Hall–Kier alpha value is -3.06. The molecule has 7 heteroatoms. The van der Waals surface area contributed by atoms with E-state index in [4.69, 9.17) is 5.73 Å². The molecule has 0 bridgehead atoms. The van der Waals surface area contributed by atoms with Crippen LogP contribution in [0.15, 0.2) is 42.5 Å². The van der Waals surface area contributed by atoms with E-state index in [2.05, 4.69) is 20.2 Å². The summed E-state index contributed by atoms with van der Waals surface area (Å²) in [5.74, 6) is 0.400. The molecule has 0 radical (unpaired) electrons. The summed E-state index contributed by atoms with van der Waals surface area (Å²) in [7, 11) is 0. The lowest BCUT2D eigenvalue weighted by atomic mass is 10.0. The first-order valence-electron chi connectivity index (χ1n) is 9.33. The number of fused-ring (bicyclic) bond motifs is 1. The number of carbonyl (C=O) groups excluding carboxylic acids is 1. The van der Waals surface area contributed by atoms with E-state index in [0.717, 1.165) is 30.6 Å². The monoisotopic (exact) mass is 379 g/mol. The zero-order valence-electron chi connectivity index (χ0n) is 15.7. The number of benzene rings is 2. The van der Waals surface area contributed by atoms with Crippen LogP contribution in [0.25, 0.3) is 10.9 Å². The van der Waals surface area contributed by atoms with Crippen molar-refractivity contribution in [3.63, 3.8) is 0 Å². The highest BCUT2D eigenvalue weighted by molar-refractivity contribution is 6.07. The number of hydrogen-bond donors (Lipinski definition) is 2. The first kappa shape index (κ1) is 18.3. The standard InChI is InChI=1S/C21H22FN5O/c1-13-24-19-16(20(23)28)4-2-5-17(19)21(25-13)26-18(12-27-10-3-11-27)14-6-8-15(22)9-7-14/h2,4-9,18H,3,10-12H2,1H3,(H2,23,28)(H,24,25,26)/t18-/m1/s1. The lowest BCUT2D eigenvalue weighted by molar-refractivity contribution is 0.100. The van der Waals surface area contributed by atoms with Crippen LogP contribution in [-0.4, -0.2) is 40.4 Å². The maximum atomic E-state index is 13.4. The van der Waals surface area contributed by atoms with E-state index in [9.17, 15) is 9.18 Å². The van der Waals surface area contributed by atoms with Gasteiger partial charge in [0.1, 0.15) is 17.5 Å². The second-order valence-corrected chi connectivity index (χ2v) is 7.09. The molecule has 6 nitrogen and oxygen atoms in total. The van der Waals surface area contributed by atoms with E-state index in [0.29, 0.717) is 22.7 Å². The number of aromatic nitrogens is 2. The van der Waals surface area contributed by atoms with Crippen molar-refractivity contribution in [2.45, 2.75) is 19.4 Å². The maximum Gasteiger partial charge on any atom is 0.250 e. The number of anilines is 1. The molecule has 1 aliphatic rings. The van der Waals surface area contributed by atoms with Crippen LogP contribution in [0.1, 0.15) is 34.2 Å². The molecule has 1 saturated heterocycles. The van der Waals surface area contributed by atoms with E-state index in [-0.39, 0.29) is 11.9 Å². The molecule has 1 fully saturated rings. The summed E-state index contributed by atoms with van der Waals surface area (Å²) >= 11 is 0. The minimum Gasteiger partial charge on any atom is -0.366 e. The normalized spacial score (nSPS) is 15.2. The average molecular weight is 379 g/mol. The van der Waals surface area contributed by atoms with Gasteiger partial charge in [-0.05, 0) is 56.3 Å². The molecule has 3 aromatic rings. The molecule has 3 N–H and O–H groups in total. The topological polar surface area (TPSA) is 84.1 Å². The molecule has 2 aromatic carbocycles. The molecule has 1 aromatic heterocycles. The van der Waals surface area contributed by atoms with Crippen molar-refractivity contribution in [3.8, 4) is 0 Å². The molecule has 28 heavy (non-hydrogen) atoms. The third-order valence-corrected chi connectivity index (χ3v) is 5.08. The Bertz CT molecular complexity index is 1020. The molecule has 0 unspecified atom stereocenters. The van der Waals surface area contributed by atoms with Gasteiger partial charge < -0.3 is 16.0 Å². The fraction of sp³-hybridized carbons (Fsp3) is 0.286. The minimum atomic E-state index is -0.523. The largest absolute Gasteiger partial charge is 0.366 e. The van der Waals surface area contributed by atoms with Gasteiger partial charge in [0.15, 0.2) is 0 Å². The van der Waals surface area contributed by atoms with Gasteiger partial charge in [-0.2, -0.15) is 0 Å². The number of aryl methyl sites for hydroxylation is 1. The summed E-state index contributed by atoms with van der Waals surface area (Å²) in [5, 5.41) is 4.23. The number of nitrogens with two attached hydrogens (primary N) is 1. The molecule has 4 rings (SSSR count). The van der Waals surface area contributed by atoms with Gasteiger partial charge in [-0.15, -0.1) is 0 Å². The number of halogens is 1. The molecular formula is C21H22FN5O. The lowest BCUT2D eigenvalue weighted by Crippen LogP contribution is -2.41. The van der Waals surface area contributed by atoms with Gasteiger partial charge in [0.25, 0.3) is 5.91 Å². The highest BCUT2D eigenvalue weighted by Gasteiger charge is 2.22. The highest BCUT2D eigenvalue weighted by atomic mass is 19.1. The van der Waals surface area contributed by atoms with Gasteiger partial charge in [-0.1, -0.05) is 18.2 Å². The van der Waals surface area contributed by atoms with Crippen LogP contribution in [-0.2, 0) is 0 Å². The quantitative estimate of drug-likeness (QED) is 0.688. The van der Waals surface area contributed by atoms with Crippen molar-refractivity contribution < 1.29 is 9.18 Å². The van der Waals surface area contributed by atoms with Crippen LogP contribution < -0.4 is 11.1 Å². The summed E-state index contributed by atoms with van der Waals surface area (Å²) in [6, 6.07) is 11.7. The number of rotatable bonds is 6. The number of hydrogen-bond acceptors (Lipinski definition) is 5. The van der Waals surface area contributed by atoms with Crippen LogP contribution in [0, 0.1) is 12.7 Å². The van der Waals surface area contributed by atoms with Crippen LogP contribution in [0.5, 0.6) is 0 Å². The van der Waals surface area contributed by atoms with E-state index in [1.807, 2.05) is 6.07 Å². The average Bonchev–Trinajstić information content (AvgIpc) is 2.63. The summed E-state index contributed by atoms with van der Waals surface area (Å²) in [5.41, 5.74) is 7.39. The SMILES string of the molecule is Cc1nc(N[C@H](CN2CCC2)c2ccc(F)cc2)c2cccc(C(N)=O)c2n1. The van der Waals surface area contributed by atoms with Gasteiger partial charge in [-0.25, -0.2) is 14.4 Å². The van der Waals surface area contributed by atoms with E-state index in [1.54, 1.807) is 31.2 Å². The number of primary amides is 1. The zero-order chi connectivity index (χ0) is 19.7. The molecule has 0 saturated carbocycles. The van der Waals surface area contributed by atoms with Crippen molar-refractivity contribution >= 4 is 22.6 Å². The Morgan fingerprint density at radius 1 is 1.21 bits per heavy atom. The molecule has 2 heterocycles. The molecule has 1 atom stereocenters. The number of nitrogens with zero attached hydrogens (tertiary/aromatic N) is 3.